The Hall–Kier alpha value is -3.45. The minimum absolute atomic E-state index is 0.00535. The number of aliphatic imine (C=N–C) groups is 1. The molecule has 8 nitrogen and oxygen atoms in total. The number of hydrogen-bond acceptors (Lipinski definition) is 8. The SMILES string of the molecule is O=[N+]([O-])c1cc(F)c(Cl)c2sc(/N=C3\CC(c4ccccc4)N(c4nc5ccc(F)c(Cl)c5s4)N3)nc12. The number of non-ortho nitro benzene ring substituents is 1. The van der Waals surface area contributed by atoms with Gasteiger partial charge in [-0.05, 0) is 17.7 Å². The van der Waals surface area contributed by atoms with Gasteiger partial charge in [-0.2, -0.15) is 0 Å². The topological polar surface area (TPSA) is 96.5 Å². The van der Waals surface area contributed by atoms with Crippen LogP contribution in [0.4, 0.5) is 24.7 Å². The largest absolute Gasteiger partial charge is 0.299 e. The fourth-order valence-corrected chi connectivity index (χ4v) is 6.50. The minimum atomic E-state index is -0.899. The van der Waals surface area contributed by atoms with Crippen molar-refractivity contribution in [1.29, 1.82) is 0 Å². The third-order valence-corrected chi connectivity index (χ3v) is 8.75. The van der Waals surface area contributed by atoms with Crippen molar-refractivity contribution in [3.63, 3.8) is 0 Å². The number of aromatic nitrogens is 2. The monoisotopic (exact) mass is 576 g/mol. The van der Waals surface area contributed by atoms with Gasteiger partial charge < -0.3 is 0 Å². The lowest BCUT2D eigenvalue weighted by Crippen LogP contribution is -2.34. The molecule has 3 aromatic carbocycles. The lowest BCUT2D eigenvalue weighted by molar-refractivity contribution is -0.383. The summed E-state index contributed by atoms with van der Waals surface area (Å²) in [6.45, 7) is 0. The number of nitro groups is 1. The fourth-order valence-electron chi connectivity index (χ4n) is 4.05. The Morgan fingerprint density at radius 1 is 1.05 bits per heavy atom. The molecule has 14 heteroatoms. The molecule has 186 valence electrons. The van der Waals surface area contributed by atoms with E-state index in [0.717, 1.165) is 23.0 Å². The number of fused-ring (bicyclic) bond motifs is 2. The van der Waals surface area contributed by atoms with E-state index in [4.69, 9.17) is 23.2 Å². The number of hydrazine groups is 1. The zero-order valence-electron chi connectivity index (χ0n) is 18.3. The first-order valence-electron chi connectivity index (χ1n) is 10.7. The second-order valence-electron chi connectivity index (χ2n) is 8.00. The van der Waals surface area contributed by atoms with E-state index < -0.39 is 22.2 Å². The Morgan fingerprint density at radius 3 is 2.57 bits per heavy atom. The van der Waals surface area contributed by atoms with Crippen LogP contribution < -0.4 is 10.4 Å². The average molecular weight is 577 g/mol. The van der Waals surface area contributed by atoms with Crippen molar-refractivity contribution in [2.45, 2.75) is 12.5 Å². The molecular weight excluding hydrogens is 565 g/mol. The molecule has 0 spiro atoms. The second-order valence-corrected chi connectivity index (χ2v) is 10.7. The number of nitro benzene ring substituents is 1. The predicted molar refractivity (Wildman–Crippen MR) is 142 cm³/mol. The summed E-state index contributed by atoms with van der Waals surface area (Å²) in [7, 11) is 0. The van der Waals surface area contributed by atoms with Gasteiger partial charge in [0.05, 0.1) is 42.0 Å². The lowest BCUT2D eigenvalue weighted by Gasteiger charge is -2.23. The van der Waals surface area contributed by atoms with Gasteiger partial charge in [-0.1, -0.05) is 76.2 Å². The zero-order chi connectivity index (χ0) is 25.8. The molecule has 6 rings (SSSR count). The summed E-state index contributed by atoms with van der Waals surface area (Å²) < 4.78 is 28.8. The van der Waals surface area contributed by atoms with Crippen LogP contribution in [0, 0.1) is 21.7 Å². The van der Waals surface area contributed by atoms with Gasteiger partial charge in [0, 0.05) is 6.42 Å². The molecule has 0 aliphatic carbocycles. The maximum Gasteiger partial charge on any atom is 0.299 e. The van der Waals surface area contributed by atoms with Gasteiger partial charge in [0.2, 0.25) is 10.3 Å². The molecule has 1 atom stereocenters. The minimum Gasteiger partial charge on any atom is -0.282 e. The number of halogens is 4. The predicted octanol–water partition coefficient (Wildman–Crippen LogP) is 7.59. The number of thiazole rings is 2. The van der Waals surface area contributed by atoms with Crippen LogP contribution in [-0.2, 0) is 0 Å². The van der Waals surface area contributed by atoms with Crippen molar-refractivity contribution < 1.29 is 13.7 Å². The second kappa shape index (κ2) is 9.14. The number of nitrogens with one attached hydrogen (secondary N) is 1. The highest BCUT2D eigenvalue weighted by Crippen LogP contribution is 2.42. The number of hydrogen-bond donors (Lipinski definition) is 1. The summed E-state index contributed by atoms with van der Waals surface area (Å²) in [6, 6.07) is 13.0. The van der Waals surface area contributed by atoms with Crippen LogP contribution in [0.15, 0.2) is 53.5 Å². The zero-order valence-corrected chi connectivity index (χ0v) is 21.4. The first-order chi connectivity index (χ1) is 17.8. The molecular formula is C23H12Cl2F2N6O2S2. The van der Waals surface area contributed by atoms with Crippen LogP contribution in [-0.4, -0.2) is 20.7 Å². The maximum atomic E-state index is 14.2. The van der Waals surface area contributed by atoms with Crippen molar-refractivity contribution in [3.8, 4) is 0 Å². The Morgan fingerprint density at radius 2 is 1.81 bits per heavy atom. The van der Waals surface area contributed by atoms with E-state index in [1.54, 1.807) is 6.07 Å². The molecule has 0 radical (unpaired) electrons. The molecule has 0 amide bonds. The number of anilines is 1. The summed E-state index contributed by atoms with van der Waals surface area (Å²) in [6.07, 6.45) is 0.419. The standard InChI is InChI=1S/C23H12Cl2F2N6O2S2/c24-17-11(26)6-7-13-20(17)37-23(28-13)32-14(10-4-2-1-3-5-10)9-16(31-32)29-22-30-19-15(33(34)35)8-12(27)18(25)21(19)36-22/h1-8,14H,9H2,(H,29,30,31). The number of amidine groups is 1. The molecule has 1 aliphatic rings. The van der Waals surface area contributed by atoms with Crippen LogP contribution in [0.5, 0.6) is 0 Å². The summed E-state index contributed by atoms with van der Waals surface area (Å²) >= 11 is 14.4. The van der Waals surface area contributed by atoms with Crippen LogP contribution in [0.25, 0.3) is 20.4 Å². The molecule has 0 saturated carbocycles. The van der Waals surface area contributed by atoms with Crippen LogP contribution in [0.2, 0.25) is 10.0 Å². The van der Waals surface area contributed by atoms with Crippen molar-refractivity contribution in [1.82, 2.24) is 15.4 Å². The maximum absolute atomic E-state index is 14.2. The van der Waals surface area contributed by atoms with E-state index in [0.29, 0.717) is 27.6 Å². The van der Waals surface area contributed by atoms with E-state index in [1.165, 1.54) is 17.4 Å². The van der Waals surface area contributed by atoms with E-state index >= 15 is 0 Å². The molecule has 1 unspecified atom stereocenters. The quantitative estimate of drug-likeness (QED) is 0.175. The molecule has 2 aromatic heterocycles. The third-order valence-electron chi connectivity index (χ3n) is 5.74. The molecule has 1 N–H and O–H groups in total. The lowest BCUT2D eigenvalue weighted by atomic mass is 10.0. The molecule has 37 heavy (non-hydrogen) atoms. The third kappa shape index (κ3) is 4.15. The highest BCUT2D eigenvalue weighted by molar-refractivity contribution is 7.23. The highest BCUT2D eigenvalue weighted by Gasteiger charge is 2.33. The molecule has 1 saturated heterocycles. The first-order valence-corrected chi connectivity index (χ1v) is 13.0. The highest BCUT2D eigenvalue weighted by atomic mass is 35.5. The molecule has 3 heterocycles. The normalized spacial score (nSPS) is 16.7. The summed E-state index contributed by atoms with van der Waals surface area (Å²) in [5.41, 5.74) is 4.24. The van der Waals surface area contributed by atoms with Crippen LogP contribution in [0.1, 0.15) is 18.0 Å². The average Bonchev–Trinajstić information content (AvgIpc) is 3.61. The molecule has 1 aliphatic heterocycles. The van der Waals surface area contributed by atoms with E-state index in [9.17, 15) is 18.9 Å². The number of benzene rings is 3. The summed E-state index contributed by atoms with van der Waals surface area (Å²) in [4.78, 5) is 24.2. The van der Waals surface area contributed by atoms with Gasteiger partial charge in [0.15, 0.2) is 5.52 Å². The van der Waals surface area contributed by atoms with Gasteiger partial charge in [0.1, 0.15) is 17.5 Å². The molecule has 5 aromatic rings. The Bertz CT molecular complexity index is 1740. The molecule has 0 bridgehead atoms. The Labute approximate surface area is 224 Å². The van der Waals surface area contributed by atoms with Gasteiger partial charge >= 0.3 is 0 Å². The van der Waals surface area contributed by atoms with Crippen LogP contribution >= 0.6 is 45.9 Å². The summed E-state index contributed by atoms with van der Waals surface area (Å²) in [5.74, 6) is -0.923. The fraction of sp³-hybridized carbons (Fsp3) is 0.0870. The van der Waals surface area contributed by atoms with E-state index in [1.807, 2.05) is 35.3 Å². The van der Waals surface area contributed by atoms with Crippen LogP contribution in [0.3, 0.4) is 0 Å². The molecule has 1 fully saturated rings. The van der Waals surface area contributed by atoms with Gasteiger partial charge in [-0.25, -0.2) is 23.7 Å². The van der Waals surface area contributed by atoms with Crippen molar-refractivity contribution in [3.05, 3.63) is 85.9 Å². The van der Waals surface area contributed by atoms with E-state index in [-0.39, 0.29) is 31.4 Å². The van der Waals surface area contributed by atoms with Gasteiger partial charge in [-0.15, -0.1) is 0 Å². The number of rotatable bonds is 4. The van der Waals surface area contributed by atoms with Gasteiger partial charge in [0.25, 0.3) is 5.69 Å². The smallest absolute Gasteiger partial charge is 0.282 e. The Kier molecular flexibility index (Phi) is 5.91. The first kappa shape index (κ1) is 23.9. The van der Waals surface area contributed by atoms with Gasteiger partial charge in [-0.3, -0.25) is 20.5 Å². The van der Waals surface area contributed by atoms with Crippen molar-refractivity contribution in [2.24, 2.45) is 4.99 Å². The van der Waals surface area contributed by atoms with Crippen molar-refractivity contribution in [2.75, 3.05) is 5.01 Å². The van der Waals surface area contributed by atoms with E-state index in [2.05, 4.69) is 20.4 Å². The van der Waals surface area contributed by atoms with Crippen molar-refractivity contribution >= 4 is 88.1 Å². The summed E-state index contributed by atoms with van der Waals surface area (Å²) in [5, 5.41) is 13.7. The Balaban J connectivity index is 1.43. The number of nitrogens with zero attached hydrogens (tertiary/aromatic N) is 5.